The van der Waals surface area contributed by atoms with E-state index >= 15 is 0 Å². The van der Waals surface area contributed by atoms with Crippen molar-refractivity contribution in [3.05, 3.63) is 0 Å². The van der Waals surface area contributed by atoms with Gasteiger partial charge in [0.05, 0.1) is 0 Å². The van der Waals surface area contributed by atoms with E-state index in [1.807, 2.05) is 19.0 Å². The third kappa shape index (κ3) is 5.53. The largest absolute Gasteiger partial charge is 0.480 e. The van der Waals surface area contributed by atoms with Crippen LogP contribution in [0.15, 0.2) is 0 Å². The Bertz CT molecular complexity index is 204. The third-order valence-corrected chi connectivity index (χ3v) is 1.83. The number of nitrogens with one attached hydrogen (secondary N) is 1. The van der Waals surface area contributed by atoms with Crippen molar-refractivity contribution in [2.24, 2.45) is 0 Å². The predicted molar refractivity (Wildman–Crippen MR) is 53.0 cm³/mol. The number of hydrogen-bond acceptors (Lipinski definition) is 3. The molecule has 0 aliphatic heterocycles. The minimum atomic E-state index is -0.981. The quantitative estimate of drug-likeness (QED) is 0.592. The summed E-state index contributed by atoms with van der Waals surface area (Å²) in [6.45, 7) is 2.35. The fourth-order valence-electron chi connectivity index (χ4n) is 0.930. The van der Waals surface area contributed by atoms with Crippen LogP contribution >= 0.6 is 0 Å². The van der Waals surface area contributed by atoms with Gasteiger partial charge in [-0.15, -0.1) is 0 Å². The van der Waals surface area contributed by atoms with Crippen LogP contribution < -0.4 is 5.32 Å². The molecule has 0 aromatic heterocycles. The molecule has 0 radical (unpaired) electrons. The van der Waals surface area contributed by atoms with Crippen molar-refractivity contribution in [2.75, 3.05) is 20.6 Å². The fraction of sp³-hybridized carbons (Fsp3) is 0.778. The number of carbonyl (C=O) groups is 2. The molecule has 0 bridgehead atoms. The average Bonchev–Trinajstić information content (AvgIpc) is 2.10. The number of hydrogen-bond donors (Lipinski definition) is 2. The molecule has 0 fully saturated rings. The first-order chi connectivity index (χ1) is 6.47. The lowest BCUT2D eigenvalue weighted by Gasteiger charge is -2.13. The van der Waals surface area contributed by atoms with Crippen LogP contribution in [0, 0.1) is 0 Å². The summed E-state index contributed by atoms with van der Waals surface area (Å²) in [5.74, 6) is -1.20. The van der Waals surface area contributed by atoms with Gasteiger partial charge in [-0.1, -0.05) is 6.92 Å². The molecule has 0 heterocycles. The average molecular weight is 203 g/mol. The number of aliphatic carboxylic acids is 1. The van der Waals surface area contributed by atoms with Crippen molar-refractivity contribution in [3.8, 4) is 0 Å². The molecule has 1 atom stereocenters. The number of amides is 1. The van der Waals surface area contributed by atoms with Gasteiger partial charge in [-0.3, -0.25) is 4.79 Å². The highest BCUT2D eigenvalue weighted by atomic mass is 16.4. The predicted octanol–water partition coefficient (Wildman–Crippen LogP) is -0.0825. The Morgan fingerprint density at radius 1 is 1.43 bits per heavy atom. The lowest BCUT2D eigenvalue weighted by Crippen LogP contribution is -2.41. The van der Waals surface area contributed by atoms with E-state index in [0.29, 0.717) is 19.4 Å². The summed E-state index contributed by atoms with van der Waals surface area (Å²) < 4.78 is 0. The van der Waals surface area contributed by atoms with Gasteiger partial charge in [0.1, 0.15) is 6.04 Å². The number of nitrogens with zero attached hydrogens (tertiary/aromatic N) is 1. The van der Waals surface area contributed by atoms with Crippen LogP contribution in [0.25, 0.3) is 0 Å². The molecule has 0 saturated heterocycles. The van der Waals surface area contributed by atoms with Crippen LogP contribution in [0.2, 0.25) is 0 Å². The Hall–Kier alpha value is -1.10. The van der Waals surface area contributed by atoms with Gasteiger partial charge in [-0.05, 0) is 20.5 Å². The zero-order valence-electron chi connectivity index (χ0n) is 8.91. The van der Waals surface area contributed by atoms with Crippen LogP contribution in [-0.4, -0.2) is 48.6 Å². The van der Waals surface area contributed by atoms with E-state index < -0.39 is 12.0 Å². The number of carboxylic acid groups (broad SMARTS) is 1. The van der Waals surface area contributed by atoms with E-state index in [-0.39, 0.29) is 5.91 Å². The van der Waals surface area contributed by atoms with E-state index in [2.05, 4.69) is 5.32 Å². The van der Waals surface area contributed by atoms with E-state index in [4.69, 9.17) is 5.11 Å². The normalized spacial score (nSPS) is 12.6. The molecule has 0 saturated carbocycles. The van der Waals surface area contributed by atoms with Crippen molar-refractivity contribution >= 4 is 11.9 Å². The maximum absolute atomic E-state index is 11.2. The van der Waals surface area contributed by atoms with Crippen LogP contribution in [0.4, 0.5) is 0 Å². The van der Waals surface area contributed by atoms with Crippen molar-refractivity contribution < 1.29 is 14.7 Å². The highest BCUT2D eigenvalue weighted by Gasteiger charge is 2.16. The highest BCUT2D eigenvalue weighted by Crippen LogP contribution is 1.92. The molecule has 0 aromatic carbocycles. The Labute approximate surface area is 84.1 Å². The molecule has 0 aliphatic carbocycles. The fourth-order valence-corrected chi connectivity index (χ4v) is 0.930. The summed E-state index contributed by atoms with van der Waals surface area (Å²) in [4.78, 5) is 23.7. The molecule has 5 heteroatoms. The Balaban J connectivity index is 3.85. The lowest BCUT2D eigenvalue weighted by molar-refractivity contribution is -0.141. The number of carboxylic acids is 1. The SMILES string of the molecule is CCC(NC(=O)CCN(C)[13CH3])C(=O)O. The van der Waals surface area contributed by atoms with Gasteiger partial charge >= 0.3 is 5.97 Å². The van der Waals surface area contributed by atoms with Crippen LogP contribution in [0.3, 0.4) is 0 Å². The monoisotopic (exact) mass is 203 g/mol. The molecule has 14 heavy (non-hydrogen) atoms. The summed E-state index contributed by atoms with van der Waals surface area (Å²) in [5, 5.41) is 11.1. The number of rotatable bonds is 6. The van der Waals surface area contributed by atoms with Gasteiger partial charge in [0, 0.05) is 13.0 Å². The minimum absolute atomic E-state index is 0.215. The van der Waals surface area contributed by atoms with Crippen molar-refractivity contribution in [2.45, 2.75) is 25.8 Å². The van der Waals surface area contributed by atoms with E-state index in [0.717, 1.165) is 0 Å². The molecular weight excluding hydrogens is 185 g/mol. The van der Waals surface area contributed by atoms with Crippen molar-refractivity contribution in [1.82, 2.24) is 10.2 Å². The lowest BCUT2D eigenvalue weighted by atomic mass is 10.2. The molecule has 5 nitrogen and oxygen atoms in total. The molecule has 0 aromatic rings. The standard InChI is InChI=1S/C9H18N2O3/c1-4-7(9(13)14)10-8(12)5-6-11(2)3/h7H,4-6H2,1-3H3,(H,10,12)(H,13,14)/i2+1. The summed E-state index contributed by atoms with van der Waals surface area (Å²) in [6.07, 6.45) is 0.736. The van der Waals surface area contributed by atoms with Gasteiger partial charge in [0.25, 0.3) is 0 Å². The summed E-state index contributed by atoms with van der Waals surface area (Å²) in [6, 6.07) is -0.760. The second-order valence-corrected chi connectivity index (χ2v) is 3.42. The molecule has 0 spiro atoms. The van der Waals surface area contributed by atoms with Gasteiger partial charge < -0.3 is 15.3 Å². The van der Waals surface area contributed by atoms with Crippen molar-refractivity contribution in [3.63, 3.8) is 0 Å². The molecule has 0 rings (SSSR count). The zero-order chi connectivity index (χ0) is 11.1. The maximum atomic E-state index is 11.2. The Morgan fingerprint density at radius 3 is 2.36 bits per heavy atom. The summed E-state index contributed by atoms with van der Waals surface area (Å²) >= 11 is 0. The first kappa shape index (κ1) is 12.9. The third-order valence-electron chi connectivity index (χ3n) is 1.83. The van der Waals surface area contributed by atoms with Gasteiger partial charge in [0.2, 0.25) is 5.91 Å². The molecular formula is C9H18N2O3. The molecule has 1 amide bonds. The zero-order valence-corrected chi connectivity index (χ0v) is 8.91. The highest BCUT2D eigenvalue weighted by molar-refractivity contribution is 5.83. The van der Waals surface area contributed by atoms with Crippen LogP contribution in [0.5, 0.6) is 0 Å². The Morgan fingerprint density at radius 2 is 2.00 bits per heavy atom. The second kappa shape index (κ2) is 6.37. The first-order valence-electron chi connectivity index (χ1n) is 4.64. The topological polar surface area (TPSA) is 69.6 Å². The van der Waals surface area contributed by atoms with Crippen LogP contribution in [-0.2, 0) is 9.59 Å². The van der Waals surface area contributed by atoms with Crippen LogP contribution in [0.1, 0.15) is 19.8 Å². The smallest absolute Gasteiger partial charge is 0.326 e. The van der Waals surface area contributed by atoms with E-state index in [1.54, 1.807) is 6.92 Å². The van der Waals surface area contributed by atoms with Gasteiger partial charge in [0.15, 0.2) is 0 Å². The van der Waals surface area contributed by atoms with Crippen molar-refractivity contribution in [1.29, 1.82) is 0 Å². The van der Waals surface area contributed by atoms with E-state index in [1.165, 1.54) is 0 Å². The summed E-state index contributed by atoms with van der Waals surface area (Å²) in [5.41, 5.74) is 0. The second-order valence-electron chi connectivity index (χ2n) is 3.42. The minimum Gasteiger partial charge on any atom is -0.480 e. The summed E-state index contributed by atoms with van der Waals surface area (Å²) in [7, 11) is 3.73. The molecule has 2 N–H and O–H groups in total. The Kier molecular flexibility index (Phi) is 5.87. The number of carbonyl (C=O) groups excluding carboxylic acids is 1. The van der Waals surface area contributed by atoms with Gasteiger partial charge in [-0.2, -0.15) is 0 Å². The molecule has 1 unspecified atom stereocenters. The van der Waals surface area contributed by atoms with Gasteiger partial charge in [-0.25, -0.2) is 4.79 Å². The molecule has 0 aliphatic rings. The maximum Gasteiger partial charge on any atom is 0.326 e. The molecule has 82 valence electrons. The van der Waals surface area contributed by atoms with E-state index in [9.17, 15) is 9.59 Å². The first-order valence-corrected chi connectivity index (χ1v) is 4.64.